The van der Waals surface area contributed by atoms with Crippen molar-refractivity contribution in [3.63, 3.8) is 0 Å². The molecule has 0 radical (unpaired) electrons. The highest BCUT2D eigenvalue weighted by Gasteiger charge is 2.26. The van der Waals surface area contributed by atoms with Crippen LogP contribution < -0.4 is 4.90 Å². The van der Waals surface area contributed by atoms with Gasteiger partial charge in [0.2, 0.25) is 5.28 Å². The summed E-state index contributed by atoms with van der Waals surface area (Å²) in [6.45, 7) is 10.4. The van der Waals surface area contributed by atoms with Gasteiger partial charge in [0, 0.05) is 56.7 Å². The molecule has 0 saturated carbocycles. The second kappa shape index (κ2) is 8.99. The van der Waals surface area contributed by atoms with E-state index in [0.29, 0.717) is 5.28 Å². The van der Waals surface area contributed by atoms with Crippen molar-refractivity contribution in [3.05, 3.63) is 16.2 Å². The number of fused-ring (bicyclic) bond motifs is 1. The van der Waals surface area contributed by atoms with Crippen molar-refractivity contribution in [2.45, 2.75) is 25.4 Å². The van der Waals surface area contributed by atoms with E-state index in [1.165, 1.54) is 17.7 Å². The topological polar surface area (TPSA) is 54.0 Å². The maximum absolute atomic E-state index is 6.23. The van der Waals surface area contributed by atoms with Crippen LogP contribution in [-0.2, 0) is 16.0 Å². The Balaban J connectivity index is 1.26. The van der Waals surface area contributed by atoms with E-state index >= 15 is 0 Å². The highest BCUT2D eigenvalue weighted by atomic mass is 35.5. The fraction of sp³-hybridized carbons (Fsp3) is 0.700. The van der Waals surface area contributed by atoms with Crippen LogP contribution >= 0.6 is 22.9 Å². The number of thiophene rings is 1. The highest BCUT2D eigenvalue weighted by Crippen LogP contribution is 2.34. The number of rotatable bonds is 4. The molecule has 0 aromatic carbocycles. The highest BCUT2D eigenvalue weighted by molar-refractivity contribution is 7.19. The van der Waals surface area contributed by atoms with E-state index in [1.807, 2.05) is 11.3 Å². The lowest BCUT2D eigenvalue weighted by Gasteiger charge is -2.40. The zero-order valence-electron chi connectivity index (χ0n) is 16.7. The van der Waals surface area contributed by atoms with Crippen LogP contribution in [0.3, 0.4) is 0 Å². The molecule has 0 amide bonds. The molecule has 5 heterocycles. The number of halogens is 1. The summed E-state index contributed by atoms with van der Waals surface area (Å²) in [5.41, 5.74) is 0.967. The summed E-state index contributed by atoms with van der Waals surface area (Å²) in [7, 11) is 0. The van der Waals surface area contributed by atoms with Crippen molar-refractivity contribution in [3.8, 4) is 0 Å². The van der Waals surface area contributed by atoms with Gasteiger partial charge < -0.3 is 14.4 Å². The summed E-state index contributed by atoms with van der Waals surface area (Å²) in [5.74, 6) is 0.963. The molecule has 2 aromatic rings. The normalized spacial score (nSPS) is 23.1. The molecule has 3 saturated heterocycles. The molecule has 0 bridgehead atoms. The van der Waals surface area contributed by atoms with Gasteiger partial charge in [0.05, 0.1) is 36.6 Å². The number of morpholine rings is 2. The average Bonchev–Trinajstić information content (AvgIpc) is 3.17. The predicted molar refractivity (Wildman–Crippen MR) is 116 cm³/mol. The molecular weight excluding hydrogens is 410 g/mol. The van der Waals surface area contributed by atoms with Gasteiger partial charge in [-0.25, -0.2) is 4.98 Å². The zero-order valence-corrected chi connectivity index (χ0v) is 18.3. The van der Waals surface area contributed by atoms with E-state index in [1.54, 1.807) is 0 Å². The molecule has 5 rings (SSSR count). The molecule has 7 nitrogen and oxygen atoms in total. The van der Waals surface area contributed by atoms with Gasteiger partial charge >= 0.3 is 0 Å². The quantitative estimate of drug-likeness (QED) is 0.681. The maximum Gasteiger partial charge on any atom is 0.224 e. The minimum atomic E-state index is 0.328. The molecule has 0 N–H and O–H groups in total. The SMILES string of the molecule is Clc1nc(N2CCOCC2)c2sc(CN3CCC(N4CCOCC4)CC3)cc2n1. The monoisotopic (exact) mass is 437 g/mol. The second-order valence-corrected chi connectivity index (χ2v) is 9.47. The molecule has 29 heavy (non-hydrogen) atoms. The first-order valence-corrected chi connectivity index (χ1v) is 11.8. The van der Waals surface area contributed by atoms with E-state index in [4.69, 9.17) is 21.1 Å². The largest absolute Gasteiger partial charge is 0.379 e. The Kier molecular flexibility index (Phi) is 6.17. The number of ether oxygens (including phenoxy) is 2. The summed E-state index contributed by atoms with van der Waals surface area (Å²) in [5, 5.41) is 0.328. The average molecular weight is 438 g/mol. The minimum Gasteiger partial charge on any atom is -0.379 e. The minimum absolute atomic E-state index is 0.328. The van der Waals surface area contributed by atoms with E-state index < -0.39 is 0 Å². The predicted octanol–water partition coefficient (Wildman–Crippen LogP) is 2.48. The molecule has 158 valence electrons. The first kappa shape index (κ1) is 19.9. The number of anilines is 1. The van der Waals surface area contributed by atoms with Crippen LogP contribution in [-0.4, -0.2) is 91.5 Å². The van der Waals surface area contributed by atoms with Crippen molar-refractivity contribution in [2.75, 3.05) is 70.6 Å². The number of hydrogen-bond acceptors (Lipinski definition) is 8. The number of piperidine rings is 1. The number of likely N-dealkylation sites (tertiary alicyclic amines) is 1. The van der Waals surface area contributed by atoms with Gasteiger partial charge in [0.1, 0.15) is 0 Å². The van der Waals surface area contributed by atoms with Crippen molar-refractivity contribution < 1.29 is 9.47 Å². The molecular formula is C20H28ClN5O2S. The summed E-state index contributed by atoms with van der Waals surface area (Å²) >= 11 is 8.05. The van der Waals surface area contributed by atoms with Crippen LogP contribution in [0.1, 0.15) is 17.7 Å². The van der Waals surface area contributed by atoms with Gasteiger partial charge in [-0.2, -0.15) is 4.98 Å². The van der Waals surface area contributed by atoms with Gasteiger partial charge in [0.25, 0.3) is 0 Å². The zero-order chi connectivity index (χ0) is 19.6. The third-order valence-corrected chi connectivity index (χ3v) is 7.46. The van der Waals surface area contributed by atoms with Gasteiger partial charge in [-0.3, -0.25) is 9.80 Å². The Hall–Kier alpha value is -1.03. The van der Waals surface area contributed by atoms with Crippen LogP contribution in [0, 0.1) is 0 Å². The molecule has 3 aliphatic rings. The Morgan fingerprint density at radius 1 is 0.966 bits per heavy atom. The summed E-state index contributed by atoms with van der Waals surface area (Å²) in [4.78, 5) is 17.8. The Morgan fingerprint density at radius 3 is 2.38 bits per heavy atom. The van der Waals surface area contributed by atoms with Gasteiger partial charge in [-0.15, -0.1) is 11.3 Å². The summed E-state index contributed by atoms with van der Waals surface area (Å²) in [6.07, 6.45) is 2.49. The molecule has 9 heteroatoms. The van der Waals surface area contributed by atoms with Crippen LogP contribution in [0.25, 0.3) is 10.2 Å². The molecule has 0 spiro atoms. The molecule has 0 unspecified atom stereocenters. The van der Waals surface area contributed by atoms with Crippen LogP contribution in [0.5, 0.6) is 0 Å². The van der Waals surface area contributed by atoms with E-state index in [2.05, 4.69) is 30.7 Å². The first-order chi connectivity index (χ1) is 14.3. The van der Waals surface area contributed by atoms with Gasteiger partial charge in [0.15, 0.2) is 5.82 Å². The lowest BCUT2D eigenvalue weighted by molar-refractivity contribution is 0.000310. The number of nitrogens with zero attached hydrogens (tertiary/aromatic N) is 5. The molecule has 3 fully saturated rings. The van der Waals surface area contributed by atoms with Crippen LogP contribution in [0.15, 0.2) is 6.07 Å². The Labute approximate surface area is 180 Å². The second-order valence-electron chi connectivity index (χ2n) is 8.00. The van der Waals surface area contributed by atoms with E-state index in [9.17, 15) is 0 Å². The Morgan fingerprint density at radius 2 is 1.66 bits per heavy atom. The standard InChI is InChI=1S/C20H28ClN5O2S/c21-20-22-17-13-16(29-18(17)19(23-20)26-7-11-28-12-8-26)14-24-3-1-15(2-4-24)25-5-9-27-10-6-25/h13,15H,1-12,14H2. The third kappa shape index (κ3) is 4.52. The van der Waals surface area contributed by atoms with Crippen LogP contribution in [0.4, 0.5) is 5.82 Å². The maximum atomic E-state index is 6.23. The van der Waals surface area contributed by atoms with Crippen molar-refractivity contribution in [2.24, 2.45) is 0 Å². The third-order valence-electron chi connectivity index (χ3n) is 6.19. The van der Waals surface area contributed by atoms with E-state index in [-0.39, 0.29) is 0 Å². The first-order valence-electron chi connectivity index (χ1n) is 10.6. The fourth-order valence-corrected chi connectivity index (χ4v) is 5.94. The van der Waals surface area contributed by atoms with Gasteiger partial charge in [-0.05, 0) is 30.5 Å². The van der Waals surface area contributed by atoms with Crippen molar-refractivity contribution in [1.29, 1.82) is 0 Å². The van der Waals surface area contributed by atoms with Crippen LogP contribution in [0.2, 0.25) is 5.28 Å². The summed E-state index contributed by atoms with van der Waals surface area (Å²) in [6, 6.07) is 2.92. The lowest BCUT2D eigenvalue weighted by atomic mass is 10.0. The molecule has 3 aliphatic heterocycles. The Bertz CT molecular complexity index is 830. The number of hydrogen-bond donors (Lipinski definition) is 0. The molecule has 0 aliphatic carbocycles. The van der Waals surface area contributed by atoms with E-state index in [0.717, 1.165) is 94.3 Å². The van der Waals surface area contributed by atoms with Gasteiger partial charge in [-0.1, -0.05) is 0 Å². The number of aromatic nitrogens is 2. The van der Waals surface area contributed by atoms with Crippen molar-refractivity contribution in [1.82, 2.24) is 19.8 Å². The smallest absolute Gasteiger partial charge is 0.224 e. The molecule has 2 aromatic heterocycles. The molecule has 0 atom stereocenters. The van der Waals surface area contributed by atoms with Crippen molar-refractivity contribution >= 4 is 39.0 Å². The lowest BCUT2D eigenvalue weighted by Crippen LogP contribution is -2.48. The summed E-state index contributed by atoms with van der Waals surface area (Å²) < 4.78 is 12.1. The fourth-order valence-electron chi connectivity index (χ4n) is 4.61.